The Morgan fingerprint density at radius 3 is 2.56 bits per heavy atom. The van der Waals surface area contributed by atoms with Gasteiger partial charge in [-0.25, -0.2) is 9.78 Å². The first-order valence-corrected chi connectivity index (χ1v) is 9.17. The second kappa shape index (κ2) is 7.70. The summed E-state index contributed by atoms with van der Waals surface area (Å²) in [5.41, 5.74) is 2.07. The minimum atomic E-state index is -0.467. The minimum Gasteiger partial charge on any atom is -0.461 e. The highest BCUT2D eigenvalue weighted by Crippen LogP contribution is 2.30. The van der Waals surface area contributed by atoms with Gasteiger partial charge in [-0.3, -0.25) is 0 Å². The standard InChI is InChI=1S/C20H27N3O4/c1-6-26-19(24)17-18(27-14(2)21-17)15-7-9-16(10-8-15)22-11-12-23(25-5)20(3,4)13-22/h7-10H,6,11-13H2,1-5H3. The summed E-state index contributed by atoms with van der Waals surface area (Å²) in [5, 5.41) is 2.01. The predicted molar refractivity (Wildman–Crippen MR) is 103 cm³/mol. The van der Waals surface area contributed by atoms with Gasteiger partial charge in [0.25, 0.3) is 0 Å². The lowest BCUT2D eigenvalue weighted by atomic mass is 10.0. The molecule has 0 saturated carbocycles. The molecule has 2 aromatic rings. The number of piperazine rings is 1. The average molecular weight is 373 g/mol. The highest BCUT2D eigenvalue weighted by Gasteiger charge is 2.34. The van der Waals surface area contributed by atoms with Gasteiger partial charge in [0.1, 0.15) is 0 Å². The summed E-state index contributed by atoms with van der Waals surface area (Å²) in [6.45, 7) is 10.7. The van der Waals surface area contributed by atoms with E-state index in [2.05, 4.69) is 23.7 Å². The molecule has 1 aliphatic rings. The number of ether oxygens (including phenoxy) is 1. The normalized spacial score (nSPS) is 17.1. The number of carbonyl (C=O) groups excluding carboxylic acids is 1. The van der Waals surface area contributed by atoms with E-state index >= 15 is 0 Å². The third-order valence-corrected chi connectivity index (χ3v) is 4.74. The monoisotopic (exact) mass is 373 g/mol. The fourth-order valence-electron chi connectivity index (χ4n) is 3.48. The largest absolute Gasteiger partial charge is 0.461 e. The van der Waals surface area contributed by atoms with Gasteiger partial charge in [0.05, 0.1) is 19.3 Å². The molecule has 1 aromatic carbocycles. The van der Waals surface area contributed by atoms with Crippen molar-refractivity contribution in [3.63, 3.8) is 0 Å². The molecule has 1 fully saturated rings. The van der Waals surface area contributed by atoms with Gasteiger partial charge in [0.2, 0.25) is 0 Å². The molecule has 27 heavy (non-hydrogen) atoms. The third kappa shape index (κ3) is 3.99. The maximum absolute atomic E-state index is 12.1. The Balaban J connectivity index is 1.82. The molecule has 0 radical (unpaired) electrons. The number of oxazole rings is 1. The van der Waals surface area contributed by atoms with Crippen LogP contribution in [0.25, 0.3) is 11.3 Å². The number of rotatable bonds is 5. The summed E-state index contributed by atoms with van der Waals surface area (Å²) >= 11 is 0. The zero-order valence-electron chi connectivity index (χ0n) is 16.6. The van der Waals surface area contributed by atoms with Crippen molar-refractivity contribution in [1.82, 2.24) is 10.0 Å². The van der Waals surface area contributed by atoms with Gasteiger partial charge in [-0.2, -0.15) is 5.06 Å². The van der Waals surface area contributed by atoms with E-state index < -0.39 is 5.97 Å². The summed E-state index contributed by atoms with van der Waals surface area (Å²) in [6.07, 6.45) is 0. The van der Waals surface area contributed by atoms with Crippen LogP contribution in [0.5, 0.6) is 0 Å². The van der Waals surface area contributed by atoms with Crippen molar-refractivity contribution in [3.05, 3.63) is 35.9 Å². The Kier molecular flexibility index (Phi) is 5.53. The molecule has 1 aromatic heterocycles. The molecule has 146 valence electrons. The zero-order valence-corrected chi connectivity index (χ0v) is 16.6. The summed E-state index contributed by atoms with van der Waals surface area (Å²) in [4.78, 5) is 24.1. The van der Waals surface area contributed by atoms with E-state index in [9.17, 15) is 4.79 Å². The minimum absolute atomic E-state index is 0.0786. The second-order valence-corrected chi connectivity index (χ2v) is 7.20. The van der Waals surface area contributed by atoms with Crippen molar-refractivity contribution in [1.29, 1.82) is 0 Å². The first-order chi connectivity index (χ1) is 12.9. The number of nitrogens with zero attached hydrogens (tertiary/aromatic N) is 3. The number of hydroxylamine groups is 2. The molecule has 2 heterocycles. The molecule has 0 N–H and O–H groups in total. The fraction of sp³-hybridized carbons (Fsp3) is 0.500. The van der Waals surface area contributed by atoms with Gasteiger partial charge in [0, 0.05) is 37.8 Å². The van der Waals surface area contributed by atoms with Crippen LogP contribution in [-0.4, -0.2) is 54.9 Å². The van der Waals surface area contributed by atoms with Crippen molar-refractivity contribution >= 4 is 11.7 Å². The lowest BCUT2D eigenvalue weighted by Gasteiger charge is -2.46. The molecule has 3 rings (SSSR count). The van der Waals surface area contributed by atoms with Crippen LogP contribution in [0.1, 0.15) is 37.2 Å². The van der Waals surface area contributed by atoms with Gasteiger partial charge in [-0.1, -0.05) is 0 Å². The Bertz CT molecular complexity index is 798. The second-order valence-electron chi connectivity index (χ2n) is 7.20. The zero-order chi connectivity index (χ0) is 19.6. The third-order valence-electron chi connectivity index (χ3n) is 4.74. The maximum atomic E-state index is 12.1. The van der Waals surface area contributed by atoms with E-state index in [1.54, 1.807) is 21.0 Å². The average Bonchev–Trinajstić information content (AvgIpc) is 3.03. The molecule has 7 nitrogen and oxygen atoms in total. The first kappa shape index (κ1) is 19.4. The summed E-state index contributed by atoms with van der Waals surface area (Å²) in [5.74, 6) is 0.419. The van der Waals surface area contributed by atoms with Crippen LogP contribution in [0.3, 0.4) is 0 Å². The number of carbonyl (C=O) groups is 1. The van der Waals surface area contributed by atoms with Gasteiger partial charge in [-0.15, -0.1) is 0 Å². The van der Waals surface area contributed by atoms with Crippen LogP contribution in [0.15, 0.2) is 28.7 Å². The molecule has 0 atom stereocenters. The van der Waals surface area contributed by atoms with E-state index in [-0.39, 0.29) is 11.2 Å². The lowest BCUT2D eigenvalue weighted by molar-refractivity contribution is -0.195. The van der Waals surface area contributed by atoms with Crippen LogP contribution >= 0.6 is 0 Å². The van der Waals surface area contributed by atoms with E-state index in [1.807, 2.05) is 29.3 Å². The molecule has 0 amide bonds. The van der Waals surface area contributed by atoms with Crippen molar-refractivity contribution in [3.8, 4) is 11.3 Å². The molecule has 0 unspecified atom stereocenters. The van der Waals surface area contributed by atoms with E-state index in [0.29, 0.717) is 18.3 Å². The van der Waals surface area contributed by atoms with E-state index in [4.69, 9.17) is 14.0 Å². The smallest absolute Gasteiger partial charge is 0.360 e. The Hall–Kier alpha value is -2.38. The fourth-order valence-corrected chi connectivity index (χ4v) is 3.48. The number of benzene rings is 1. The number of aryl methyl sites for hydroxylation is 1. The summed E-state index contributed by atoms with van der Waals surface area (Å²) in [7, 11) is 1.72. The van der Waals surface area contributed by atoms with Crippen molar-refractivity contribution in [2.45, 2.75) is 33.2 Å². The van der Waals surface area contributed by atoms with Crippen LogP contribution in [0.4, 0.5) is 5.69 Å². The maximum Gasteiger partial charge on any atom is 0.360 e. The highest BCUT2D eigenvalue weighted by molar-refractivity contribution is 5.93. The Labute approximate surface area is 159 Å². The topological polar surface area (TPSA) is 68.0 Å². The quantitative estimate of drug-likeness (QED) is 0.745. The number of anilines is 1. The number of hydrogen-bond acceptors (Lipinski definition) is 7. The van der Waals surface area contributed by atoms with E-state index in [0.717, 1.165) is 30.9 Å². The molecular formula is C20H27N3O4. The van der Waals surface area contributed by atoms with Crippen molar-refractivity contribution in [2.24, 2.45) is 0 Å². The van der Waals surface area contributed by atoms with Gasteiger partial charge >= 0.3 is 5.97 Å². The van der Waals surface area contributed by atoms with E-state index in [1.165, 1.54) is 0 Å². The molecule has 0 spiro atoms. The molecule has 1 saturated heterocycles. The number of esters is 1. The summed E-state index contributed by atoms with van der Waals surface area (Å²) in [6, 6.07) is 7.99. The molecular weight excluding hydrogens is 346 g/mol. The molecule has 0 aliphatic carbocycles. The Morgan fingerprint density at radius 1 is 1.26 bits per heavy atom. The molecule has 7 heteroatoms. The van der Waals surface area contributed by atoms with Crippen LogP contribution in [0.2, 0.25) is 0 Å². The van der Waals surface area contributed by atoms with Gasteiger partial charge < -0.3 is 18.9 Å². The van der Waals surface area contributed by atoms with Gasteiger partial charge in [0.15, 0.2) is 17.3 Å². The molecule has 1 aliphatic heterocycles. The van der Waals surface area contributed by atoms with Crippen LogP contribution < -0.4 is 4.90 Å². The highest BCUT2D eigenvalue weighted by atomic mass is 16.7. The predicted octanol–water partition coefficient (Wildman–Crippen LogP) is 3.29. The van der Waals surface area contributed by atoms with Crippen LogP contribution in [-0.2, 0) is 9.57 Å². The van der Waals surface area contributed by atoms with Crippen LogP contribution in [0, 0.1) is 6.92 Å². The number of hydrogen-bond donors (Lipinski definition) is 0. The lowest BCUT2D eigenvalue weighted by Crippen LogP contribution is -2.58. The SMILES string of the molecule is CCOC(=O)c1nc(C)oc1-c1ccc(N2CCN(OC)C(C)(C)C2)cc1. The first-order valence-electron chi connectivity index (χ1n) is 9.17. The molecule has 0 bridgehead atoms. The van der Waals surface area contributed by atoms with Crippen molar-refractivity contribution in [2.75, 3.05) is 38.3 Å². The number of aromatic nitrogens is 1. The van der Waals surface area contributed by atoms with Gasteiger partial charge in [-0.05, 0) is 45.0 Å². The van der Waals surface area contributed by atoms with Crippen molar-refractivity contribution < 1.29 is 18.8 Å². The Morgan fingerprint density at radius 2 is 1.96 bits per heavy atom. The summed E-state index contributed by atoms with van der Waals surface area (Å²) < 4.78 is 10.7.